The van der Waals surface area contributed by atoms with Crippen LogP contribution in [0.4, 0.5) is 0 Å². The van der Waals surface area contributed by atoms with E-state index in [-0.39, 0.29) is 0 Å². The molecule has 18 heavy (non-hydrogen) atoms. The van der Waals surface area contributed by atoms with E-state index in [4.69, 9.17) is 11.6 Å². The normalized spacial score (nSPS) is 16.2. The maximum Gasteiger partial charge on any atom is 0.0929 e. The summed E-state index contributed by atoms with van der Waals surface area (Å²) in [5, 5.41) is 3.32. The first-order chi connectivity index (χ1) is 8.81. The van der Waals surface area contributed by atoms with E-state index in [1.807, 2.05) is 0 Å². The fourth-order valence-electron chi connectivity index (χ4n) is 2.40. The molecular formula is C14H23ClN2S. The average Bonchev–Trinajstić information content (AvgIpc) is 2.79. The zero-order valence-electron chi connectivity index (χ0n) is 11.2. The quantitative estimate of drug-likeness (QED) is 0.673. The highest BCUT2D eigenvalue weighted by Gasteiger charge is 2.19. The maximum atomic E-state index is 5.76. The van der Waals surface area contributed by atoms with Gasteiger partial charge in [-0.05, 0) is 38.3 Å². The van der Waals surface area contributed by atoms with Gasteiger partial charge in [0.15, 0.2) is 0 Å². The summed E-state index contributed by atoms with van der Waals surface area (Å²) in [5.41, 5.74) is 1.03. The molecule has 0 saturated heterocycles. The highest BCUT2D eigenvalue weighted by Crippen LogP contribution is 2.27. The lowest BCUT2D eigenvalue weighted by Crippen LogP contribution is -2.33. The fourth-order valence-corrected chi connectivity index (χ4v) is 3.47. The molecule has 1 aliphatic carbocycles. The number of hydrogen-bond acceptors (Lipinski definition) is 3. The van der Waals surface area contributed by atoms with Crippen molar-refractivity contribution in [3.05, 3.63) is 16.1 Å². The molecule has 1 saturated carbocycles. The van der Waals surface area contributed by atoms with Gasteiger partial charge >= 0.3 is 0 Å². The van der Waals surface area contributed by atoms with E-state index < -0.39 is 0 Å². The molecule has 0 aromatic carbocycles. The van der Waals surface area contributed by atoms with Crippen LogP contribution in [0.5, 0.6) is 0 Å². The number of halogens is 1. The van der Waals surface area contributed by atoms with E-state index in [0.29, 0.717) is 5.88 Å². The molecule has 0 bridgehead atoms. The van der Waals surface area contributed by atoms with Crippen LogP contribution >= 0.6 is 22.9 Å². The molecule has 0 amide bonds. The first-order valence-corrected chi connectivity index (χ1v) is 8.44. The van der Waals surface area contributed by atoms with Crippen LogP contribution < -0.4 is 0 Å². The van der Waals surface area contributed by atoms with Crippen LogP contribution in [-0.4, -0.2) is 29.5 Å². The second-order valence-electron chi connectivity index (χ2n) is 5.16. The molecule has 0 spiro atoms. The number of aromatic nitrogens is 1. The van der Waals surface area contributed by atoms with Crippen molar-refractivity contribution in [3.63, 3.8) is 0 Å². The molecule has 1 heterocycles. The van der Waals surface area contributed by atoms with Gasteiger partial charge in [-0.2, -0.15) is 0 Å². The summed E-state index contributed by atoms with van der Waals surface area (Å²) in [6.45, 7) is 5.97. The van der Waals surface area contributed by atoms with Crippen molar-refractivity contribution < 1.29 is 0 Å². The fraction of sp³-hybridized carbons (Fsp3) is 0.786. The Balaban J connectivity index is 1.65. The third-order valence-corrected chi connectivity index (χ3v) is 5.02. The molecule has 2 rings (SSSR count). The van der Waals surface area contributed by atoms with Crippen molar-refractivity contribution in [3.8, 4) is 0 Å². The third kappa shape index (κ3) is 4.22. The first kappa shape index (κ1) is 14.3. The summed E-state index contributed by atoms with van der Waals surface area (Å²) < 4.78 is 0. The van der Waals surface area contributed by atoms with Gasteiger partial charge in [0.05, 0.1) is 16.6 Å². The van der Waals surface area contributed by atoms with Crippen molar-refractivity contribution in [1.82, 2.24) is 9.88 Å². The van der Waals surface area contributed by atoms with Crippen LogP contribution in [-0.2, 0) is 12.3 Å². The summed E-state index contributed by atoms with van der Waals surface area (Å²) in [7, 11) is 0. The molecule has 1 aromatic heterocycles. The van der Waals surface area contributed by atoms with Crippen molar-refractivity contribution in [2.24, 2.45) is 5.92 Å². The molecule has 0 unspecified atom stereocenters. The van der Waals surface area contributed by atoms with E-state index in [1.165, 1.54) is 50.3 Å². The van der Waals surface area contributed by atoms with Crippen LogP contribution in [0.25, 0.3) is 0 Å². The Kier molecular flexibility index (Phi) is 5.93. The van der Waals surface area contributed by atoms with Crippen molar-refractivity contribution in [1.29, 1.82) is 0 Å². The predicted octanol–water partition coefficient (Wildman–Crippen LogP) is 3.94. The Morgan fingerprint density at radius 1 is 1.50 bits per heavy atom. The van der Waals surface area contributed by atoms with Gasteiger partial charge in [0.2, 0.25) is 0 Å². The van der Waals surface area contributed by atoms with Crippen LogP contribution in [0.1, 0.15) is 43.3 Å². The molecule has 1 aliphatic rings. The summed E-state index contributed by atoms with van der Waals surface area (Å²) >= 11 is 7.51. The highest BCUT2D eigenvalue weighted by molar-refractivity contribution is 7.09. The summed E-state index contributed by atoms with van der Waals surface area (Å²) in [6.07, 6.45) is 6.66. The number of aryl methyl sites for hydroxylation is 1. The molecule has 102 valence electrons. The van der Waals surface area contributed by atoms with Crippen LogP contribution in [0, 0.1) is 5.92 Å². The topological polar surface area (TPSA) is 16.1 Å². The standard InChI is InChI=1S/C14H23ClN2S/c1-2-17(10-12-5-3-6-12)8-4-7-14-16-13(9-15)11-18-14/h11-12H,2-10H2,1H3. The summed E-state index contributed by atoms with van der Waals surface area (Å²) in [5.74, 6) is 1.52. The smallest absolute Gasteiger partial charge is 0.0929 e. The number of thiazole rings is 1. The Hall–Kier alpha value is -0.120. The van der Waals surface area contributed by atoms with Crippen LogP contribution in [0.3, 0.4) is 0 Å². The van der Waals surface area contributed by atoms with Gasteiger partial charge in [-0.1, -0.05) is 13.3 Å². The number of nitrogens with zero attached hydrogens (tertiary/aromatic N) is 2. The Morgan fingerprint density at radius 3 is 2.89 bits per heavy atom. The molecule has 0 radical (unpaired) electrons. The number of hydrogen-bond donors (Lipinski definition) is 0. The average molecular weight is 287 g/mol. The van der Waals surface area contributed by atoms with Gasteiger partial charge in [0.25, 0.3) is 0 Å². The van der Waals surface area contributed by atoms with Gasteiger partial charge in [-0.25, -0.2) is 4.98 Å². The lowest BCUT2D eigenvalue weighted by Gasteiger charge is -2.31. The molecule has 4 heteroatoms. The largest absolute Gasteiger partial charge is 0.303 e. The third-order valence-electron chi connectivity index (χ3n) is 3.79. The van der Waals surface area contributed by atoms with Gasteiger partial charge < -0.3 is 4.90 Å². The summed E-state index contributed by atoms with van der Waals surface area (Å²) in [4.78, 5) is 7.10. The molecule has 2 nitrogen and oxygen atoms in total. The van der Waals surface area contributed by atoms with Crippen molar-refractivity contribution in [2.75, 3.05) is 19.6 Å². The molecule has 0 aliphatic heterocycles. The van der Waals surface area contributed by atoms with E-state index >= 15 is 0 Å². The molecule has 0 atom stereocenters. The minimum Gasteiger partial charge on any atom is -0.303 e. The lowest BCUT2D eigenvalue weighted by atomic mass is 9.85. The second kappa shape index (κ2) is 7.46. The minimum absolute atomic E-state index is 0.541. The zero-order chi connectivity index (χ0) is 12.8. The Labute approximate surface area is 119 Å². The maximum absolute atomic E-state index is 5.76. The van der Waals surface area contributed by atoms with E-state index in [9.17, 15) is 0 Å². The van der Waals surface area contributed by atoms with Gasteiger partial charge in [0.1, 0.15) is 0 Å². The van der Waals surface area contributed by atoms with Crippen LogP contribution in [0.15, 0.2) is 5.38 Å². The molecular weight excluding hydrogens is 264 g/mol. The summed E-state index contributed by atoms with van der Waals surface area (Å²) in [6, 6.07) is 0. The van der Waals surface area contributed by atoms with Crippen LogP contribution in [0.2, 0.25) is 0 Å². The van der Waals surface area contributed by atoms with E-state index in [0.717, 1.165) is 18.0 Å². The highest BCUT2D eigenvalue weighted by atomic mass is 35.5. The number of rotatable bonds is 8. The Bertz CT molecular complexity index is 349. The van der Waals surface area contributed by atoms with E-state index in [1.54, 1.807) is 11.3 Å². The molecule has 0 N–H and O–H groups in total. The second-order valence-corrected chi connectivity index (χ2v) is 6.37. The molecule has 1 fully saturated rings. The minimum atomic E-state index is 0.541. The van der Waals surface area contributed by atoms with Gasteiger partial charge in [-0.15, -0.1) is 22.9 Å². The zero-order valence-corrected chi connectivity index (χ0v) is 12.8. The van der Waals surface area contributed by atoms with Gasteiger partial charge in [-0.3, -0.25) is 0 Å². The van der Waals surface area contributed by atoms with Crippen molar-refractivity contribution in [2.45, 2.75) is 44.9 Å². The van der Waals surface area contributed by atoms with Gasteiger partial charge in [0, 0.05) is 18.3 Å². The van der Waals surface area contributed by atoms with Crippen molar-refractivity contribution >= 4 is 22.9 Å². The molecule has 1 aromatic rings. The lowest BCUT2D eigenvalue weighted by molar-refractivity contribution is 0.182. The SMILES string of the molecule is CCN(CCCc1nc(CCl)cs1)CC1CCC1. The predicted molar refractivity (Wildman–Crippen MR) is 79.4 cm³/mol. The number of alkyl halides is 1. The first-order valence-electron chi connectivity index (χ1n) is 7.03. The monoisotopic (exact) mass is 286 g/mol. The Morgan fingerprint density at radius 2 is 2.33 bits per heavy atom. The van der Waals surface area contributed by atoms with E-state index in [2.05, 4.69) is 22.2 Å².